The first-order valence-electron chi connectivity index (χ1n) is 8.14. The minimum Gasteiger partial charge on any atom is -0.326 e. The molecule has 0 bridgehead atoms. The lowest BCUT2D eigenvalue weighted by Gasteiger charge is -2.22. The van der Waals surface area contributed by atoms with Crippen molar-refractivity contribution in [2.75, 3.05) is 13.1 Å². The van der Waals surface area contributed by atoms with Crippen LogP contribution in [0.5, 0.6) is 0 Å². The van der Waals surface area contributed by atoms with Crippen molar-refractivity contribution in [2.24, 2.45) is 18.7 Å². The van der Waals surface area contributed by atoms with E-state index in [2.05, 4.69) is 18.0 Å². The molecule has 2 heterocycles. The number of likely N-dealkylation sites (tertiary alicyclic amines) is 1. The summed E-state index contributed by atoms with van der Waals surface area (Å²) in [4.78, 5) is 2.50. The molecule has 0 amide bonds. The minimum atomic E-state index is 0. The van der Waals surface area contributed by atoms with Crippen LogP contribution in [0.15, 0.2) is 6.20 Å². The highest BCUT2D eigenvalue weighted by molar-refractivity contribution is 5.85. The second-order valence-electron chi connectivity index (χ2n) is 6.88. The monoisotopic (exact) mass is 312 g/mol. The van der Waals surface area contributed by atoms with Gasteiger partial charge in [0.15, 0.2) is 0 Å². The molecule has 0 spiro atoms. The fourth-order valence-corrected chi connectivity index (χ4v) is 3.86. The van der Waals surface area contributed by atoms with E-state index in [9.17, 15) is 0 Å². The predicted octanol–water partition coefficient (Wildman–Crippen LogP) is 2.67. The van der Waals surface area contributed by atoms with Crippen molar-refractivity contribution >= 4 is 12.4 Å². The Morgan fingerprint density at radius 1 is 1.24 bits per heavy atom. The van der Waals surface area contributed by atoms with Gasteiger partial charge in [0.1, 0.15) is 0 Å². The highest BCUT2D eigenvalue weighted by Gasteiger charge is 2.28. The third-order valence-corrected chi connectivity index (χ3v) is 5.07. The Labute approximate surface area is 134 Å². The SMILES string of the molecule is CC1CN(Cc2cn(C)nc2C2CCCCC2)CC1N.Cl. The number of nitrogens with two attached hydrogens (primary N) is 1. The molecule has 120 valence electrons. The largest absolute Gasteiger partial charge is 0.326 e. The van der Waals surface area contributed by atoms with Gasteiger partial charge >= 0.3 is 0 Å². The Balaban J connectivity index is 0.00000161. The van der Waals surface area contributed by atoms with Crippen LogP contribution in [0.2, 0.25) is 0 Å². The maximum absolute atomic E-state index is 6.15. The number of rotatable bonds is 3. The summed E-state index contributed by atoms with van der Waals surface area (Å²) < 4.78 is 2.00. The van der Waals surface area contributed by atoms with Gasteiger partial charge in [0.05, 0.1) is 5.69 Å². The first-order chi connectivity index (χ1) is 9.63. The van der Waals surface area contributed by atoms with E-state index in [1.165, 1.54) is 43.4 Å². The summed E-state index contributed by atoms with van der Waals surface area (Å²) in [5.41, 5.74) is 8.94. The van der Waals surface area contributed by atoms with Crippen LogP contribution >= 0.6 is 12.4 Å². The topological polar surface area (TPSA) is 47.1 Å². The van der Waals surface area contributed by atoms with Crippen LogP contribution in [0, 0.1) is 5.92 Å². The molecule has 2 atom stereocenters. The molecule has 2 aliphatic rings. The van der Waals surface area contributed by atoms with Crippen LogP contribution in [0.3, 0.4) is 0 Å². The predicted molar refractivity (Wildman–Crippen MR) is 88.7 cm³/mol. The third kappa shape index (κ3) is 3.79. The quantitative estimate of drug-likeness (QED) is 0.933. The number of aryl methyl sites for hydroxylation is 1. The lowest BCUT2D eigenvalue weighted by molar-refractivity contribution is 0.315. The Morgan fingerprint density at radius 3 is 2.57 bits per heavy atom. The average Bonchev–Trinajstić information content (AvgIpc) is 2.94. The summed E-state index contributed by atoms with van der Waals surface area (Å²) in [6.07, 6.45) is 8.99. The normalized spacial score (nSPS) is 27.8. The molecule has 2 fully saturated rings. The summed E-state index contributed by atoms with van der Waals surface area (Å²) in [5.74, 6) is 1.30. The highest BCUT2D eigenvalue weighted by Crippen LogP contribution is 2.34. The van der Waals surface area contributed by atoms with E-state index in [1.807, 2.05) is 11.7 Å². The van der Waals surface area contributed by atoms with Crippen molar-refractivity contribution in [1.29, 1.82) is 0 Å². The second kappa shape index (κ2) is 7.12. The zero-order valence-electron chi connectivity index (χ0n) is 13.3. The Bertz CT molecular complexity index is 443. The lowest BCUT2D eigenvalue weighted by Crippen LogP contribution is -2.28. The zero-order chi connectivity index (χ0) is 14.1. The van der Waals surface area contributed by atoms with E-state index in [0.29, 0.717) is 17.9 Å². The fourth-order valence-electron chi connectivity index (χ4n) is 3.86. The molecule has 1 aromatic rings. The van der Waals surface area contributed by atoms with Crippen LogP contribution in [-0.2, 0) is 13.6 Å². The van der Waals surface area contributed by atoms with Gasteiger partial charge in [-0.25, -0.2) is 0 Å². The molecule has 2 unspecified atom stereocenters. The van der Waals surface area contributed by atoms with Gasteiger partial charge in [-0.2, -0.15) is 5.10 Å². The number of hydrogen-bond acceptors (Lipinski definition) is 3. The standard InChI is InChI=1S/C16H28N4.ClH/c1-12-8-20(11-15(12)17)10-14-9-19(2)18-16(14)13-6-4-3-5-7-13;/h9,12-13,15H,3-8,10-11,17H2,1-2H3;1H. The molecule has 1 aromatic heterocycles. The van der Waals surface area contributed by atoms with E-state index < -0.39 is 0 Å². The molecule has 5 heteroatoms. The molecule has 0 radical (unpaired) electrons. The van der Waals surface area contributed by atoms with Crippen molar-refractivity contribution in [3.05, 3.63) is 17.5 Å². The Morgan fingerprint density at radius 2 is 1.95 bits per heavy atom. The maximum atomic E-state index is 6.15. The van der Waals surface area contributed by atoms with E-state index in [1.54, 1.807) is 0 Å². The van der Waals surface area contributed by atoms with Gasteiger partial charge < -0.3 is 5.73 Å². The van der Waals surface area contributed by atoms with Crippen molar-refractivity contribution in [3.8, 4) is 0 Å². The highest BCUT2D eigenvalue weighted by atomic mass is 35.5. The number of aromatic nitrogens is 2. The first-order valence-corrected chi connectivity index (χ1v) is 8.14. The molecular weight excluding hydrogens is 284 g/mol. The van der Waals surface area contributed by atoms with Crippen molar-refractivity contribution in [2.45, 2.75) is 57.5 Å². The van der Waals surface area contributed by atoms with E-state index >= 15 is 0 Å². The zero-order valence-corrected chi connectivity index (χ0v) is 14.1. The van der Waals surface area contributed by atoms with Gasteiger partial charge in [-0.05, 0) is 18.8 Å². The van der Waals surface area contributed by atoms with Gasteiger partial charge in [0.25, 0.3) is 0 Å². The molecule has 1 aliphatic heterocycles. The molecule has 2 N–H and O–H groups in total. The second-order valence-corrected chi connectivity index (χ2v) is 6.88. The summed E-state index contributed by atoms with van der Waals surface area (Å²) >= 11 is 0. The van der Waals surface area contributed by atoms with Crippen molar-refractivity contribution in [1.82, 2.24) is 14.7 Å². The summed E-state index contributed by atoms with van der Waals surface area (Å²) in [6, 6.07) is 0.338. The van der Waals surface area contributed by atoms with E-state index in [-0.39, 0.29) is 12.4 Å². The number of nitrogens with zero attached hydrogens (tertiary/aromatic N) is 3. The van der Waals surface area contributed by atoms with Crippen LogP contribution < -0.4 is 5.73 Å². The lowest BCUT2D eigenvalue weighted by atomic mass is 9.85. The van der Waals surface area contributed by atoms with Gasteiger partial charge in [0, 0.05) is 50.4 Å². The molecule has 1 saturated carbocycles. The molecule has 21 heavy (non-hydrogen) atoms. The van der Waals surface area contributed by atoms with E-state index in [0.717, 1.165) is 19.6 Å². The van der Waals surface area contributed by atoms with Crippen molar-refractivity contribution in [3.63, 3.8) is 0 Å². The summed E-state index contributed by atoms with van der Waals surface area (Å²) in [7, 11) is 2.05. The molecular formula is C16H29ClN4. The molecule has 0 aromatic carbocycles. The fraction of sp³-hybridized carbons (Fsp3) is 0.812. The smallest absolute Gasteiger partial charge is 0.0700 e. The molecule has 4 nitrogen and oxygen atoms in total. The first kappa shape index (κ1) is 16.8. The summed E-state index contributed by atoms with van der Waals surface area (Å²) in [5, 5.41) is 4.77. The van der Waals surface area contributed by atoms with Gasteiger partial charge in [-0.1, -0.05) is 26.2 Å². The van der Waals surface area contributed by atoms with Crippen LogP contribution in [0.25, 0.3) is 0 Å². The van der Waals surface area contributed by atoms with Crippen molar-refractivity contribution < 1.29 is 0 Å². The molecule has 1 saturated heterocycles. The van der Waals surface area contributed by atoms with Gasteiger partial charge in [0.2, 0.25) is 0 Å². The average molecular weight is 313 g/mol. The third-order valence-electron chi connectivity index (χ3n) is 5.07. The minimum absolute atomic E-state index is 0. The van der Waals surface area contributed by atoms with Crippen LogP contribution in [0.4, 0.5) is 0 Å². The number of hydrogen-bond donors (Lipinski definition) is 1. The number of halogens is 1. The molecule has 1 aliphatic carbocycles. The maximum Gasteiger partial charge on any atom is 0.0700 e. The van der Waals surface area contributed by atoms with Crippen LogP contribution in [0.1, 0.15) is 56.2 Å². The Kier molecular flexibility index (Phi) is 5.69. The Hall–Kier alpha value is -0.580. The van der Waals surface area contributed by atoms with Gasteiger partial charge in [-0.15, -0.1) is 12.4 Å². The van der Waals surface area contributed by atoms with Crippen LogP contribution in [-0.4, -0.2) is 33.8 Å². The summed E-state index contributed by atoms with van der Waals surface area (Å²) in [6.45, 7) is 5.44. The molecule has 3 rings (SSSR count). The van der Waals surface area contributed by atoms with E-state index in [4.69, 9.17) is 10.8 Å². The van der Waals surface area contributed by atoms with Gasteiger partial charge in [-0.3, -0.25) is 9.58 Å².